The zero-order valence-electron chi connectivity index (χ0n) is 11.1. The second-order valence-electron chi connectivity index (χ2n) is 3.69. The molecule has 0 bridgehead atoms. The Hall–Kier alpha value is -1.17. The third kappa shape index (κ3) is 9.41. The van der Waals surface area contributed by atoms with Gasteiger partial charge >= 0.3 is 0 Å². The SMILES string of the molecule is FCCOCCOCCOCCOc1ccccc1. The van der Waals surface area contributed by atoms with E-state index in [9.17, 15) is 4.39 Å². The molecule has 0 saturated heterocycles. The molecule has 0 aliphatic carbocycles. The lowest BCUT2D eigenvalue weighted by Crippen LogP contribution is -2.13. The Bertz CT molecular complexity index is 295. The zero-order valence-corrected chi connectivity index (χ0v) is 11.1. The van der Waals surface area contributed by atoms with Gasteiger partial charge in [-0.3, -0.25) is 0 Å². The van der Waals surface area contributed by atoms with Crippen molar-refractivity contribution in [3.8, 4) is 5.75 Å². The number of hydrogen-bond acceptors (Lipinski definition) is 4. The van der Waals surface area contributed by atoms with Crippen LogP contribution in [0.25, 0.3) is 0 Å². The molecule has 0 atom stereocenters. The molecule has 0 aliphatic heterocycles. The first-order chi connectivity index (χ1) is 9.43. The molecule has 0 spiro atoms. The fourth-order valence-electron chi connectivity index (χ4n) is 1.33. The first-order valence-corrected chi connectivity index (χ1v) is 6.40. The van der Waals surface area contributed by atoms with E-state index in [4.69, 9.17) is 18.9 Å². The molecular formula is C14H21FO4. The molecular weight excluding hydrogens is 251 g/mol. The van der Waals surface area contributed by atoms with E-state index in [-0.39, 0.29) is 6.61 Å². The van der Waals surface area contributed by atoms with E-state index in [1.54, 1.807) is 0 Å². The first kappa shape index (κ1) is 15.9. The lowest BCUT2D eigenvalue weighted by Gasteiger charge is -2.07. The minimum atomic E-state index is -0.454. The van der Waals surface area contributed by atoms with E-state index in [0.29, 0.717) is 39.6 Å². The number of halogens is 1. The predicted octanol–water partition coefficient (Wildman–Crippen LogP) is 2.08. The molecule has 108 valence electrons. The van der Waals surface area contributed by atoms with E-state index in [2.05, 4.69) is 0 Å². The minimum Gasteiger partial charge on any atom is -0.491 e. The Kier molecular flexibility index (Phi) is 9.95. The molecule has 0 N–H and O–H groups in total. The molecule has 0 amide bonds. The largest absolute Gasteiger partial charge is 0.491 e. The molecule has 0 saturated carbocycles. The van der Waals surface area contributed by atoms with Gasteiger partial charge in [-0.05, 0) is 12.1 Å². The maximum atomic E-state index is 11.7. The van der Waals surface area contributed by atoms with Crippen molar-refractivity contribution in [3.63, 3.8) is 0 Å². The summed E-state index contributed by atoms with van der Waals surface area (Å²) in [6, 6.07) is 9.60. The van der Waals surface area contributed by atoms with E-state index in [1.165, 1.54) is 0 Å². The number of para-hydroxylation sites is 1. The second-order valence-corrected chi connectivity index (χ2v) is 3.69. The third-order valence-electron chi connectivity index (χ3n) is 2.21. The number of alkyl halides is 1. The number of benzene rings is 1. The average molecular weight is 272 g/mol. The van der Waals surface area contributed by atoms with Crippen molar-refractivity contribution in [1.29, 1.82) is 0 Å². The summed E-state index contributed by atoms with van der Waals surface area (Å²) in [6.07, 6.45) is 0. The Morgan fingerprint density at radius 1 is 0.684 bits per heavy atom. The Labute approximate surface area is 113 Å². The molecule has 0 heterocycles. The molecule has 1 rings (SSSR count). The van der Waals surface area contributed by atoms with E-state index >= 15 is 0 Å². The summed E-state index contributed by atoms with van der Waals surface area (Å²) in [4.78, 5) is 0. The maximum absolute atomic E-state index is 11.7. The quantitative estimate of drug-likeness (QED) is 0.546. The van der Waals surface area contributed by atoms with Gasteiger partial charge in [-0.25, -0.2) is 4.39 Å². The molecule has 5 heteroatoms. The van der Waals surface area contributed by atoms with Gasteiger partial charge in [0, 0.05) is 0 Å². The van der Waals surface area contributed by atoms with Crippen LogP contribution in [0.2, 0.25) is 0 Å². The van der Waals surface area contributed by atoms with Crippen LogP contribution in [0.3, 0.4) is 0 Å². The Morgan fingerprint density at radius 3 is 1.79 bits per heavy atom. The molecule has 1 aromatic carbocycles. The second kappa shape index (κ2) is 11.9. The average Bonchev–Trinajstić information content (AvgIpc) is 2.46. The molecule has 0 aliphatic rings. The van der Waals surface area contributed by atoms with Crippen LogP contribution in [0, 0.1) is 0 Å². The molecule has 0 radical (unpaired) electrons. The fourth-order valence-corrected chi connectivity index (χ4v) is 1.33. The van der Waals surface area contributed by atoms with Crippen LogP contribution in [-0.4, -0.2) is 52.9 Å². The first-order valence-electron chi connectivity index (χ1n) is 6.40. The predicted molar refractivity (Wildman–Crippen MR) is 70.4 cm³/mol. The van der Waals surface area contributed by atoms with Crippen molar-refractivity contribution in [3.05, 3.63) is 30.3 Å². The standard InChI is InChI=1S/C14H21FO4/c15-6-7-16-8-9-17-10-11-18-12-13-19-14-4-2-1-3-5-14/h1-5H,6-13H2. The van der Waals surface area contributed by atoms with Crippen LogP contribution in [0.4, 0.5) is 4.39 Å². The van der Waals surface area contributed by atoms with E-state index < -0.39 is 6.67 Å². The van der Waals surface area contributed by atoms with Gasteiger partial charge in [0.1, 0.15) is 19.0 Å². The Morgan fingerprint density at radius 2 is 1.21 bits per heavy atom. The van der Waals surface area contributed by atoms with Gasteiger partial charge in [-0.1, -0.05) is 18.2 Å². The summed E-state index contributed by atoms with van der Waals surface area (Å²) in [6.45, 7) is 2.62. The topological polar surface area (TPSA) is 36.9 Å². The normalized spacial score (nSPS) is 10.6. The lowest BCUT2D eigenvalue weighted by molar-refractivity contribution is 0.00750. The van der Waals surface area contributed by atoms with Crippen LogP contribution >= 0.6 is 0 Å². The Balaban J connectivity index is 1.79. The molecule has 4 nitrogen and oxygen atoms in total. The number of ether oxygens (including phenoxy) is 4. The monoisotopic (exact) mass is 272 g/mol. The molecule has 0 fully saturated rings. The van der Waals surface area contributed by atoms with Gasteiger partial charge in [-0.2, -0.15) is 0 Å². The van der Waals surface area contributed by atoms with Gasteiger partial charge in [0.2, 0.25) is 0 Å². The van der Waals surface area contributed by atoms with Gasteiger partial charge < -0.3 is 18.9 Å². The van der Waals surface area contributed by atoms with Crippen molar-refractivity contribution in [2.45, 2.75) is 0 Å². The lowest BCUT2D eigenvalue weighted by atomic mass is 10.3. The highest BCUT2D eigenvalue weighted by atomic mass is 19.1. The van der Waals surface area contributed by atoms with Gasteiger partial charge in [-0.15, -0.1) is 0 Å². The highest BCUT2D eigenvalue weighted by Crippen LogP contribution is 2.07. The van der Waals surface area contributed by atoms with Crippen LogP contribution in [-0.2, 0) is 14.2 Å². The van der Waals surface area contributed by atoms with Crippen molar-refractivity contribution in [1.82, 2.24) is 0 Å². The van der Waals surface area contributed by atoms with E-state index in [1.807, 2.05) is 30.3 Å². The smallest absolute Gasteiger partial charge is 0.119 e. The summed E-state index contributed by atoms with van der Waals surface area (Å²) in [5, 5.41) is 0. The van der Waals surface area contributed by atoms with Crippen LogP contribution in [0.15, 0.2) is 30.3 Å². The van der Waals surface area contributed by atoms with Gasteiger partial charge in [0.15, 0.2) is 0 Å². The van der Waals surface area contributed by atoms with E-state index in [0.717, 1.165) is 5.75 Å². The summed E-state index contributed by atoms with van der Waals surface area (Å²) in [7, 11) is 0. The third-order valence-corrected chi connectivity index (χ3v) is 2.21. The zero-order chi connectivity index (χ0) is 13.6. The number of hydrogen-bond donors (Lipinski definition) is 0. The van der Waals surface area contributed by atoms with Crippen LogP contribution < -0.4 is 4.74 Å². The highest BCUT2D eigenvalue weighted by molar-refractivity contribution is 5.20. The molecule has 1 aromatic rings. The maximum Gasteiger partial charge on any atom is 0.119 e. The van der Waals surface area contributed by atoms with Crippen molar-refractivity contribution in [2.24, 2.45) is 0 Å². The highest BCUT2D eigenvalue weighted by Gasteiger charge is 1.93. The summed E-state index contributed by atoms with van der Waals surface area (Å²) in [5.74, 6) is 0.840. The van der Waals surface area contributed by atoms with Crippen molar-refractivity contribution in [2.75, 3.05) is 52.9 Å². The molecule has 0 aromatic heterocycles. The van der Waals surface area contributed by atoms with Crippen LogP contribution in [0.1, 0.15) is 0 Å². The molecule has 0 unspecified atom stereocenters. The minimum absolute atomic E-state index is 0.136. The molecule has 19 heavy (non-hydrogen) atoms. The summed E-state index contributed by atoms with van der Waals surface area (Å²) < 4.78 is 32.6. The van der Waals surface area contributed by atoms with Crippen molar-refractivity contribution >= 4 is 0 Å². The van der Waals surface area contributed by atoms with Gasteiger partial charge in [0.25, 0.3) is 0 Å². The number of rotatable bonds is 12. The summed E-state index contributed by atoms with van der Waals surface area (Å²) in [5.41, 5.74) is 0. The van der Waals surface area contributed by atoms with Gasteiger partial charge in [0.05, 0.1) is 39.6 Å². The van der Waals surface area contributed by atoms with Crippen LogP contribution in [0.5, 0.6) is 5.75 Å². The fraction of sp³-hybridized carbons (Fsp3) is 0.571. The van der Waals surface area contributed by atoms with Crippen molar-refractivity contribution < 1.29 is 23.3 Å². The summed E-state index contributed by atoms with van der Waals surface area (Å²) >= 11 is 0.